The molecule has 1 aliphatic carbocycles. The van der Waals surface area contributed by atoms with Gasteiger partial charge < -0.3 is 39.7 Å². The van der Waals surface area contributed by atoms with Crippen molar-refractivity contribution in [2.45, 2.75) is 12.8 Å². The number of unbranched alkanes of at least 4 members (excludes halogenated alkanes) is 1. The summed E-state index contributed by atoms with van der Waals surface area (Å²) in [5.74, 6) is -0.882. The van der Waals surface area contributed by atoms with E-state index >= 15 is 0 Å². The fourth-order valence-electron chi connectivity index (χ4n) is 4.57. The summed E-state index contributed by atoms with van der Waals surface area (Å²) in [7, 11) is 4.04. The Labute approximate surface area is 253 Å². The second kappa shape index (κ2) is 14.1. The first kappa shape index (κ1) is 31.4. The molecule has 0 fully saturated rings. The Balaban J connectivity index is 1.41. The van der Waals surface area contributed by atoms with Crippen LogP contribution in [-0.2, 0) is 4.84 Å². The zero-order valence-electron chi connectivity index (χ0n) is 24.0. The number of quaternary nitrogens is 1. The number of aliphatic hydroxyl groups excluding tert-OH is 1. The van der Waals surface area contributed by atoms with Crippen molar-refractivity contribution in [3.63, 3.8) is 0 Å². The number of phenolic OH excluding ortho intramolecular Hbond substituents is 1. The van der Waals surface area contributed by atoms with Crippen molar-refractivity contribution < 1.29 is 33.9 Å². The molecule has 2 aromatic carbocycles. The van der Waals surface area contributed by atoms with Gasteiger partial charge in [-0.05, 0) is 67.0 Å². The molecule has 4 rings (SSSR count). The van der Waals surface area contributed by atoms with E-state index < -0.39 is 5.97 Å². The molecule has 0 saturated heterocycles. The van der Waals surface area contributed by atoms with Crippen LogP contribution < -0.4 is 16.1 Å². The smallest absolute Gasteiger partial charge is 0.336 e. The number of aliphatic hydroxyl groups is 1. The molecule has 1 heterocycles. The highest BCUT2D eigenvalue weighted by Gasteiger charge is 2.22. The maximum atomic E-state index is 12.4. The minimum atomic E-state index is -1.14. The van der Waals surface area contributed by atoms with E-state index in [2.05, 4.69) is 15.8 Å². The van der Waals surface area contributed by atoms with Crippen molar-refractivity contribution in [1.82, 2.24) is 5.32 Å². The van der Waals surface area contributed by atoms with Crippen molar-refractivity contribution in [2.75, 3.05) is 52.3 Å². The number of aromatic hydroxyl groups is 1. The van der Waals surface area contributed by atoms with E-state index in [0.717, 1.165) is 13.0 Å². The van der Waals surface area contributed by atoms with Crippen LogP contribution >= 0.6 is 12.2 Å². The molecular weight excluding hydrogens is 572 g/mol. The molecule has 2 aliphatic rings. The van der Waals surface area contributed by atoms with Crippen molar-refractivity contribution in [3.05, 3.63) is 70.4 Å². The molecular formula is C31H35N4O7S+. The second-order valence-corrected chi connectivity index (χ2v) is 11.0. The van der Waals surface area contributed by atoms with Crippen molar-refractivity contribution in [2.24, 2.45) is 5.16 Å². The zero-order chi connectivity index (χ0) is 31.0. The molecule has 12 heteroatoms. The number of carbonyl (C=O) groups is 1. The summed E-state index contributed by atoms with van der Waals surface area (Å²) >= 11 is 5.40. The fraction of sp³-hybridized carbons (Fsp3) is 0.290. The Bertz CT molecular complexity index is 1670. The number of aromatic carboxylic acids is 1. The molecule has 0 bridgehead atoms. The molecule has 43 heavy (non-hydrogen) atoms. The number of hydrogen-bond acceptors (Lipinski definition) is 8. The number of carboxylic acids is 1. The minimum absolute atomic E-state index is 0.0201. The quantitative estimate of drug-likeness (QED) is 0.0375. The van der Waals surface area contributed by atoms with Gasteiger partial charge in [0.05, 0.1) is 26.3 Å². The van der Waals surface area contributed by atoms with Crippen LogP contribution in [-0.4, -0.2) is 84.0 Å². The summed E-state index contributed by atoms with van der Waals surface area (Å²) in [6, 6.07) is 13.8. The molecule has 5 N–H and O–H groups in total. The van der Waals surface area contributed by atoms with Crippen LogP contribution in [0.1, 0.15) is 23.2 Å². The number of rotatable bonds is 13. The molecule has 0 saturated carbocycles. The van der Waals surface area contributed by atoms with Gasteiger partial charge in [-0.25, -0.2) is 4.79 Å². The van der Waals surface area contributed by atoms with Gasteiger partial charge in [-0.2, -0.15) is 0 Å². The predicted molar refractivity (Wildman–Crippen MR) is 170 cm³/mol. The Morgan fingerprint density at radius 2 is 1.88 bits per heavy atom. The molecule has 1 aliphatic heterocycles. The van der Waals surface area contributed by atoms with Gasteiger partial charge in [0.15, 0.2) is 17.1 Å². The molecule has 0 atom stereocenters. The Kier molecular flexibility index (Phi) is 10.3. The van der Waals surface area contributed by atoms with Gasteiger partial charge in [-0.3, -0.25) is 4.79 Å². The lowest BCUT2D eigenvalue weighted by atomic mass is 9.90. The van der Waals surface area contributed by atoms with Crippen molar-refractivity contribution in [1.29, 1.82) is 0 Å². The van der Waals surface area contributed by atoms with Gasteiger partial charge in [-0.1, -0.05) is 11.2 Å². The van der Waals surface area contributed by atoms with Gasteiger partial charge in [0.2, 0.25) is 0 Å². The first-order valence-corrected chi connectivity index (χ1v) is 14.2. The number of thiocarbonyl (C=S) groups is 1. The standard InChI is InChI=1S/C31H34N4O7S/c1-35(2,13-15-36)14-16-41-33-12-4-3-11-32-31(43)34-20-5-8-23(26(17-20)30(39)40)29-24-9-6-21(37)18-27(24)42-28-19-22(38)7-10-25(28)29/h5-10,12,17-19,36H,3-4,11,13-16H2,1-2H3,(H3-,32,34,37,38,39,40,43)/p+1/b33-12+. The van der Waals surface area contributed by atoms with E-state index in [1.807, 2.05) is 14.1 Å². The Morgan fingerprint density at radius 3 is 2.65 bits per heavy atom. The maximum Gasteiger partial charge on any atom is 0.336 e. The molecule has 2 aromatic rings. The molecule has 0 amide bonds. The number of anilines is 1. The van der Waals surface area contributed by atoms with Gasteiger partial charge in [0.25, 0.3) is 0 Å². The summed E-state index contributed by atoms with van der Waals surface area (Å²) in [5, 5.41) is 40.2. The van der Waals surface area contributed by atoms with Gasteiger partial charge >= 0.3 is 5.97 Å². The number of likely N-dealkylation sites (N-methyl/N-ethyl adjacent to an activating group) is 1. The number of nitrogens with zero attached hydrogens (tertiary/aromatic N) is 2. The van der Waals surface area contributed by atoms with Crippen LogP contribution in [0.4, 0.5) is 5.69 Å². The molecule has 11 nitrogen and oxygen atoms in total. The van der Waals surface area contributed by atoms with E-state index in [-0.39, 0.29) is 29.1 Å². The summed E-state index contributed by atoms with van der Waals surface area (Å²) in [6.07, 6.45) is 3.13. The average Bonchev–Trinajstić information content (AvgIpc) is 2.95. The van der Waals surface area contributed by atoms with E-state index in [4.69, 9.17) is 26.6 Å². The van der Waals surface area contributed by atoms with Crippen molar-refractivity contribution in [3.8, 4) is 28.2 Å². The maximum absolute atomic E-state index is 12.4. The molecule has 226 valence electrons. The third-order valence-electron chi connectivity index (χ3n) is 6.89. The third kappa shape index (κ3) is 8.28. The van der Waals surface area contributed by atoms with Crippen LogP contribution in [0.3, 0.4) is 0 Å². The topological polar surface area (TPSA) is 154 Å². The summed E-state index contributed by atoms with van der Waals surface area (Å²) in [4.78, 5) is 29.7. The van der Waals surface area contributed by atoms with Crippen molar-refractivity contribution >= 4 is 46.2 Å². The van der Waals surface area contributed by atoms with Gasteiger partial charge in [0, 0.05) is 47.1 Å². The number of oxime groups is 1. The second-order valence-electron chi connectivity index (χ2n) is 10.6. The number of nitrogens with one attached hydrogen (secondary N) is 2. The molecule has 0 spiro atoms. The van der Waals surface area contributed by atoms with E-state index in [9.17, 15) is 19.8 Å². The SMILES string of the molecule is C[N+](C)(CCO)CCO/N=C/CCCNC(=S)Nc1ccc(-c2c3ccc(=O)cc-3oc3cc(O)ccc23)c(C(=O)O)c1. The number of carboxylic acid groups (broad SMARTS) is 1. The molecule has 0 unspecified atom stereocenters. The minimum Gasteiger partial charge on any atom is -0.508 e. The van der Waals surface area contributed by atoms with Gasteiger partial charge in [0.1, 0.15) is 30.2 Å². The summed E-state index contributed by atoms with van der Waals surface area (Å²) in [6.45, 7) is 2.56. The molecule has 0 radical (unpaired) electrons. The first-order chi connectivity index (χ1) is 20.6. The monoisotopic (exact) mass is 607 g/mol. The summed E-state index contributed by atoms with van der Waals surface area (Å²) < 4.78 is 6.53. The van der Waals surface area contributed by atoms with E-state index in [0.29, 0.717) is 69.1 Å². The average molecular weight is 608 g/mol. The van der Waals surface area contributed by atoms with Crippen LogP contribution in [0, 0.1) is 0 Å². The van der Waals surface area contributed by atoms with E-state index in [1.54, 1.807) is 30.5 Å². The highest BCUT2D eigenvalue weighted by atomic mass is 32.1. The number of benzene rings is 3. The predicted octanol–water partition coefficient (Wildman–Crippen LogP) is 4.11. The summed E-state index contributed by atoms with van der Waals surface area (Å²) in [5.41, 5.74) is 2.13. The highest BCUT2D eigenvalue weighted by Crippen LogP contribution is 2.42. The first-order valence-electron chi connectivity index (χ1n) is 13.8. The van der Waals surface area contributed by atoms with E-state index in [1.165, 1.54) is 30.3 Å². The zero-order valence-corrected chi connectivity index (χ0v) is 24.8. The lowest BCUT2D eigenvalue weighted by Crippen LogP contribution is -2.44. The molecule has 0 aromatic heterocycles. The largest absolute Gasteiger partial charge is 0.508 e. The number of hydrogen-bond donors (Lipinski definition) is 5. The lowest BCUT2D eigenvalue weighted by Gasteiger charge is -2.27. The highest BCUT2D eigenvalue weighted by molar-refractivity contribution is 7.80. The van der Waals surface area contributed by atoms with Gasteiger partial charge in [-0.15, -0.1) is 0 Å². The normalized spacial score (nSPS) is 11.7. The number of phenols is 1. The van der Waals surface area contributed by atoms with Crippen LogP contribution in [0.5, 0.6) is 5.75 Å². The van der Waals surface area contributed by atoms with Crippen LogP contribution in [0.2, 0.25) is 0 Å². The fourth-order valence-corrected chi connectivity index (χ4v) is 4.79. The van der Waals surface area contributed by atoms with Crippen LogP contribution in [0.25, 0.3) is 33.4 Å². The lowest BCUT2D eigenvalue weighted by molar-refractivity contribution is -0.891. The number of fused-ring (bicyclic) bond motifs is 2. The Morgan fingerprint density at radius 1 is 1.09 bits per heavy atom. The van der Waals surface area contributed by atoms with Crippen LogP contribution in [0.15, 0.2) is 69.0 Å². The Hall–Kier alpha value is -4.52. The third-order valence-corrected chi connectivity index (χ3v) is 7.14.